The monoisotopic (exact) mass is 248 g/mol. The Balaban J connectivity index is 0.00000112. The molecule has 2 nitrogen and oxygen atoms in total. The molecule has 0 radical (unpaired) electrons. The third kappa shape index (κ3) is 3.97. The molecule has 0 amide bonds. The summed E-state index contributed by atoms with van der Waals surface area (Å²) < 4.78 is 12.8. The van der Waals surface area contributed by atoms with Crippen LogP contribution in [0.2, 0.25) is 0 Å². The van der Waals surface area contributed by atoms with E-state index in [-0.39, 0.29) is 18.4 Å². The molecule has 1 aromatic rings. The lowest BCUT2D eigenvalue weighted by atomic mass is 10.2. The molecule has 1 aliphatic rings. The molecule has 1 aromatic heterocycles. The maximum absolute atomic E-state index is 12.8. The first-order chi connectivity index (χ1) is 6.84. The van der Waals surface area contributed by atoms with Crippen molar-refractivity contribution in [3.63, 3.8) is 0 Å². The summed E-state index contributed by atoms with van der Waals surface area (Å²) in [5.74, 6) is -0.377. The van der Waals surface area contributed by atoms with Gasteiger partial charge in [0.05, 0.1) is 18.1 Å². The third-order valence-corrected chi connectivity index (χ3v) is 3.64. The summed E-state index contributed by atoms with van der Waals surface area (Å²) in [7, 11) is 0. The quantitative estimate of drug-likeness (QED) is 0.617. The molecule has 1 saturated heterocycles. The average Bonchev–Trinajstić information content (AvgIpc) is 2.19. The van der Waals surface area contributed by atoms with Gasteiger partial charge >= 0.3 is 0 Å². The summed E-state index contributed by atoms with van der Waals surface area (Å²) >= 11 is 1.71. The van der Waals surface area contributed by atoms with E-state index in [2.05, 4.69) is 10.3 Å². The molecule has 0 aromatic carbocycles. The molecule has 5 heteroatoms. The number of aromatic nitrogens is 1. The van der Waals surface area contributed by atoms with Gasteiger partial charge in [0.1, 0.15) is 0 Å². The van der Waals surface area contributed by atoms with Gasteiger partial charge in [-0.05, 0) is 12.1 Å². The highest BCUT2D eigenvalue weighted by Gasteiger charge is 2.17. The molecule has 2 rings (SSSR count). The minimum Gasteiger partial charge on any atom is -1.00 e. The predicted octanol–water partition coefficient (Wildman–Crippen LogP) is -1.96. The number of rotatable bonds is 2. The van der Waals surface area contributed by atoms with E-state index >= 15 is 0 Å². The smallest absolute Gasteiger partial charge is 0.213 e. The molecular formula is C10H14ClFN2S. The zero-order valence-corrected chi connectivity index (χ0v) is 9.90. The fraction of sp³-hybridized carbons (Fsp3) is 0.500. The van der Waals surface area contributed by atoms with E-state index in [4.69, 9.17) is 0 Å². The van der Waals surface area contributed by atoms with Crippen LogP contribution in [0.15, 0.2) is 23.2 Å². The van der Waals surface area contributed by atoms with E-state index in [9.17, 15) is 4.39 Å². The van der Waals surface area contributed by atoms with E-state index in [1.807, 2.05) is 6.07 Å². The highest BCUT2D eigenvalue weighted by molar-refractivity contribution is 7.99. The van der Waals surface area contributed by atoms with Crippen LogP contribution < -0.4 is 17.7 Å². The highest BCUT2D eigenvalue weighted by Crippen LogP contribution is 2.25. The normalized spacial score (nSPS) is 17.1. The van der Waals surface area contributed by atoms with Crippen molar-refractivity contribution in [3.8, 4) is 0 Å². The van der Waals surface area contributed by atoms with Crippen molar-refractivity contribution in [1.82, 2.24) is 4.98 Å². The van der Waals surface area contributed by atoms with E-state index in [1.165, 1.54) is 32.0 Å². The number of nitrogens with zero attached hydrogens (tertiary/aromatic N) is 1. The van der Waals surface area contributed by atoms with Crippen LogP contribution in [0.25, 0.3) is 0 Å². The maximum atomic E-state index is 12.8. The Kier molecular flexibility index (Phi) is 5.36. The van der Waals surface area contributed by atoms with Crippen LogP contribution >= 0.6 is 11.8 Å². The Labute approximate surface area is 99.5 Å². The van der Waals surface area contributed by atoms with Crippen molar-refractivity contribution in [2.45, 2.75) is 23.1 Å². The second-order valence-corrected chi connectivity index (χ2v) is 4.80. The topological polar surface area (TPSA) is 29.5 Å². The Morgan fingerprint density at radius 1 is 1.33 bits per heavy atom. The summed E-state index contributed by atoms with van der Waals surface area (Å²) in [5, 5.41) is 3.77. The Bertz CT molecular complexity index is 305. The summed E-state index contributed by atoms with van der Waals surface area (Å²) in [6.45, 7) is 2.37. The lowest BCUT2D eigenvalue weighted by molar-refractivity contribution is -0.661. The molecule has 0 bridgehead atoms. The number of thioether (sulfide) groups is 1. The number of halogens is 2. The van der Waals surface area contributed by atoms with Crippen LogP contribution in [0.3, 0.4) is 0 Å². The summed E-state index contributed by atoms with van der Waals surface area (Å²) in [6, 6.07) is 4.99. The third-order valence-electron chi connectivity index (χ3n) is 2.36. The fourth-order valence-electron chi connectivity index (χ4n) is 1.64. The molecule has 15 heavy (non-hydrogen) atoms. The van der Waals surface area contributed by atoms with Crippen molar-refractivity contribution in [1.29, 1.82) is 0 Å². The first kappa shape index (κ1) is 12.7. The van der Waals surface area contributed by atoms with Crippen LogP contribution in [-0.4, -0.2) is 23.3 Å². The van der Waals surface area contributed by atoms with Gasteiger partial charge in [0.2, 0.25) is 5.95 Å². The first-order valence-electron chi connectivity index (χ1n) is 4.95. The van der Waals surface area contributed by atoms with Gasteiger partial charge in [-0.2, -0.15) is 4.39 Å². The molecule has 0 unspecified atom stereocenters. The summed E-state index contributed by atoms with van der Waals surface area (Å²) in [5.41, 5.74) is 0. The summed E-state index contributed by atoms with van der Waals surface area (Å²) in [6.07, 6.45) is 2.39. The number of quaternary nitrogens is 1. The lowest BCUT2D eigenvalue weighted by Crippen LogP contribution is -3.00. The van der Waals surface area contributed by atoms with Crippen LogP contribution in [0.1, 0.15) is 12.8 Å². The van der Waals surface area contributed by atoms with E-state index in [0.29, 0.717) is 5.25 Å². The highest BCUT2D eigenvalue weighted by atomic mass is 35.5. The Morgan fingerprint density at radius 3 is 2.73 bits per heavy atom. The van der Waals surface area contributed by atoms with E-state index in [0.717, 1.165) is 5.03 Å². The van der Waals surface area contributed by atoms with Gasteiger partial charge in [-0.3, -0.25) is 0 Å². The SMILES string of the molecule is Fc1cccc(SC2CC[NH2+]CC2)n1.[Cl-]. The summed E-state index contributed by atoms with van der Waals surface area (Å²) in [4.78, 5) is 3.85. The van der Waals surface area contributed by atoms with Crippen molar-refractivity contribution < 1.29 is 22.1 Å². The van der Waals surface area contributed by atoms with Gasteiger partial charge in [0.15, 0.2) is 0 Å². The predicted molar refractivity (Wildman–Crippen MR) is 54.7 cm³/mol. The first-order valence-corrected chi connectivity index (χ1v) is 5.83. The zero-order valence-electron chi connectivity index (χ0n) is 8.33. The molecule has 84 valence electrons. The average molecular weight is 249 g/mol. The largest absolute Gasteiger partial charge is 1.00 e. The van der Waals surface area contributed by atoms with E-state index in [1.54, 1.807) is 17.8 Å². The Hall–Kier alpha value is -0.320. The molecule has 0 saturated carbocycles. The number of nitrogens with two attached hydrogens (primary N) is 1. The molecule has 0 aliphatic carbocycles. The molecule has 1 aliphatic heterocycles. The van der Waals surface area contributed by atoms with Crippen molar-refractivity contribution in [3.05, 3.63) is 24.1 Å². The van der Waals surface area contributed by atoms with Crippen LogP contribution in [-0.2, 0) is 0 Å². The molecule has 0 atom stereocenters. The molecule has 2 N–H and O–H groups in total. The molecule has 0 spiro atoms. The van der Waals surface area contributed by atoms with Crippen LogP contribution in [0.4, 0.5) is 4.39 Å². The maximum Gasteiger partial charge on any atom is 0.213 e. The van der Waals surface area contributed by atoms with Gasteiger partial charge in [0.25, 0.3) is 0 Å². The minimum atomic E-state index is -0.377. The van der Waals surface area contributed by atoms with Crippen molar-refractivity contribution in [2.24, 2.45) is 0 Å². The van der Waals surface area contributed by atoms with Gasteiger partial charge in [0, 0.05) is 18.1 Å². The molecular weight excluding hydrogens is 235 g/mol. The zero-order chi connectivity index (χ0) is 9.80. The van der Waals surface area contributed by atoms with Crippen LogP contribution in [0, 0.1) is 5.95 Å². The Morgan fingerprint density at radius 2 is 2.07 bits per heavy atom. The molecule has 2 heterocycles. The standard InChI is InChI=1S/C10H13FN2S.ClH/c11-9-2-1-3-10(13-9)14-8-4-6-12-7-5-8;/h1-3,8,12H,4-7H2;1H. The number of pyridine rings is 1. The van der Waals surface area contributed by atoms with Gasteiger partial charge < -0.3 is 17.7 Å². The van der Waals surface area contributed by atoms with Crippen LogP contribution in [0.5, 0.6) is 0 Å². The fourth-order valence-corrected chi connectivity index (χ4v) is 2.79. The number of hydrogen-bond acceptors (Lipinski definition) is 2. The van der Waals surface area contributed by atoms with Gasteiger partial charge in [-0.15, -0.1) is 11.8 Å². The number of hydrogen-bond donors (Lipinski definition) is 1. The van der Waals surface area contributed by atoms with Gasteiger partial charge in [-0.1, -0.05) is 6.07 Å². The lowest BCUT2D eigenvalue weighted by Gasteiger charge is -2.18. The minimum absolute atomic E-state index is 0. The van der Waals surface area contributed by atoms with E-state index < -0.39 is 0 Å². The van der Waals surface area contributed by atoms with Gasteiger partial charge in [-0.25, -0.2) is 4.98 Å². The second-order valence-electron chi connectivity index (χ2n) is 3.48. The van der Waals surface area contributed by atoms with Crippen molar-refractivity contribution in [2.75, 3.05) is 13.1 Å². The molecule has 1 fully saturated rings. The number of piperidine rings is 1. The second kappa shape index (κ2) is 6.30. The van der Waals surface area contributed by atoms with Crippen molar-refractivity contribution >= 4 is 11.8 Å².